The van der Waals surface area contributed by atoms with E-state index in [2.05, 4.69) is 10.3 Å². The van der Waals surface area contributed by atoms with Crippen molar-refractivity contribution < 1.29 is 9.18 Å². The summed E-state index contributed by atoms with van der Waals surface area (Å²) in [5.74, 6) is 0.388. The minimum atomic E-state index is -0.418. The van der Waals surface area contributed by atoms with Gasteiger partial charge in [0, 0.05) is 37.8 Å². The fourth-order valence-electron chi connectivity index (χ4n) is 3.52. The number of nitriles is 1. The van der Waals surface area contributed by atoms with Gasteiger partial charge in [-0.3, -0.25) is 4.79 Å². The maximum Gasteiger partial charge on any atom is 0.224 e. The van der Waals surface area contributed by atoms with Crippen LogP contribution in [0.5, 0.6) is 0 Å². The van der Waals surface area contributed by atoms with E-state index in [9.17, 15) is 9.18 Å². The van der Waals surface area contributed by atoms with E-state index >= 15 is 0 Å². The fourth-order valence-corrected chi connectivity index (χ4v) is 3.52. The van der Waals surface area contributed by atoms with Gasteiger partial charge in [-0.2, -0.15) is 5.26 Å². The summed E-state index contributed by atoms with van der Waals surface area (Å²) in [4.78, 5) is 18.8. The number of amides is 1. The molecular weight excluding hydrogens is 357 g/mol. The molecule has 1 aliphatic rings. The van der Waals surface area contributed by atoms with Crippen LogP contribution in [-0.4, -0.2) is 41.0 Å². The predicted octanol–water partition coefficient (Wildman–Crippen LogP) is 2.46. The zero-order valence-corrected chi connectivity index (χ0v) is 15.6. The Kier molecular flexibility index (Phi) is 6.56. The summed E-state index contributed by atoms with van der Waals surface area (Å²) in [5.41, 5.74) is 7.16. The largest absolute Gasteiger partial charge is 0.368 e. The lowest BCUT2D eigenvalue weighted by Crippen LogP contribution is -2.42. The van der Waals surface area contributed by atoms with E-state index in [1.54, 1.807) is 30.3 Å². The van der Waals surface area contributed by atoms with Gasteiger partial charge in [0.25, 0.3) is 0 Å². The van der Waals surface area contributed by atoms with Crippen LogP contribution in [0.25, 0.3) is 0 Å². The fraction of sp³-hybridized carbons (Fsp3) is 0.381. The normalized spacial score (nSPS) is 17.2. The van der Waals surface area contributed by atoms with Crippen molar-refractivity contribution in [3.63, 3.8) is 0 Å². The van der Waals surface area contributed by atoms with E-state index in [-0.39, 0.29) is 24.2 Å². The third kappa shape index (κ3) is 5.05. The average molecular weight is 381 g/mol. The third-order valence-electron chi connectivity index (χ3n) is 4.99. The molecule has 0 bridgehead atoms. The summed E-state index contributed by atoms with van der Waals surface area (Å²) in [7, 11) is 0. The van der Waals surface area contributed by atoms with Crippen LogP contribution in [0.2, 0.25) is 0 Å². The van der Waals surface area contributed by atoms with Crippen molar-refractivity contribution >= 4 is 11.7 Å². The summed E-state index contributed by atoms with van der Waals surface area (Å²) < 4.78 is 13.8. The van der Waals surface area contributed by atoms with E-state index in [1.165, 1.54) is 12.3 Å². The van der Waals surface area contributed by atoms with E-state index in [4.69, 9.17) is 11.0 Å². The molecule has 2 heterocycles. The standard InChI is InChI=1S/C21H24FN5O/c22-19-6-2-1-4-16(19)10-17(24)11-21(28)27-9-3-5-18(27)14-26-20-8-7-15(12-23)13-25-20/h1-2,4,6-8,13,17-18H,3,5,9-11,14,24H2,(H,25,26)/t17-,18+/m1/s1. The Hall–Kier alpha value is -2.98. The number of hydrogen-bond donors (Lipinski definition) is 2. The number of nitrogens with two attached hydrogens (primary N) is 1. The summed E-state index contributed by atoms with van der Waals surface area (Å²) in [5, 5.41) is 12.0. The Labute approximate surface area is 164 Å². The highest BCUT2D eigenvalue weighted by molar-refractivity contribution is 5.77. The van der Waals surface area contributed by atoms with Crippen molar-refractivity contribution in [1.82, 2.24) is 9.88 Å². The third-order valence-corrected chi connectivity index (χ3v) is 4.99. The van der Waals surface area contributed by atoms with Crippen molar-refractivity contribution in [3.8, 4) is 6.07 Å². The maximum atomic E-state index is 13.8. The van der Waals surface area contributed by atoms with E-state index in [1.807, 2.05) is 11.0 Å². The number of likely N-dealkylation sites (tertiary alicyclic amines) is 1. The first-order valence-electron chi connectivity index (χ1n) is 9.45. The number of nitrogens with one attached hydrogen (secondary N) is 1. The molecule has 146 valence electrons. The Morgan fingerprint density at radius 3 is 2.93 bits per heavy atom. The van der Waals surface area contributed by atoms with Gasteiger partial charge in [0.05, 0.1) is 5.56 Å². The van der Waals surface area contributed by atoms with Gasteiger partial charge in [-0.05, 0) is 43.0 Å². The van der Waals surface area contributed by atoms with Gasteiger partial charge in [-0.1, -0.05) is 18.2 Å². The Balaban J connectivity index is 1.52. The molecule has 0 saturated carbocycles. The SMILES string of the molecule is N#Cc1ccc(NC[C@@H]2CCCN2C(=O)C[C@H](N)Cc2ccccc2F)nc1. The number of pyridine rings is 1. The molecule has 1 amide bonds. The lowest BCUT2D eigenvalue weighted by Gasteiger charge is -2.26. The number of rotatable bonds is 7. The minimum absolute atomic E-state index is 0.000858. The molecule has 0 unspecified atom stereocenters. The molecule has 1 aliphatic heterocycles. The summed E-state index contributed by atoms with van der Waals surface area (Å²) in [6.45, 7) is 1.30. The van der Waals surface area contributed by atoms with Gasteiger partial charge < -0.3 is 16.0 Å². The number of nitrogens with zero attached hydrogens (tertiary/aromatic N) is 3. The molecule has 2 atom stereocenters. The first-order chi connectivity index (χ1) is 13.6. The first kappa shape index (κ1) is 19.8. The van der Waals surface area contributed by atoms with Gasteiger partial charge in [0.1, 0.15) is 17.7 Å². The van der Waals surface area contributed by atoms with Gasteiger partial charge >= 0.3 is 0 Å². The molecule has 1 fully saturated rings. The van der Waals surface area contributed by atoms with E-state index in [0.29, 0.717) is 36.5 Å². The molecule has 1 saturated heterocycles. The van der Waals surface area contributed by atoms with E-state index < -0.39 is 6.04 Å². The lowest BCUT2D eigenvalue weighted by atomic mass is 10.0. The number of benzene rings is 1. The topological polar surface area (TPSA) is 95.0 Å². The Bertz CT molecular complexity index is 849. The van der Waals surface area contributed by atoms with Crippen LogP contribution in [-0.2, 0) is 11.2 Å². The lowest BCUT2D eigenvalue weighted by molar-refractivity contribution is -0.132. The van der Waals surface area contributed by atoms with Gasteiger partial charge in [-0.15, -0.1) is 0 Å². The molecule has 1 aromatic carbocycles. The number of hydrogen-bond acceptors (Lipinski definition) is 5. The number of carbonyl (C=O) groups excluding carboxylic acids is 1. The monoisotopic (exact) mass is 381 g/mol. The molecular formula is C21H24FN5O. The van der Waals surface area contributed by atoms with Crippen molar-refractivity contribution in [3.05, 3.63) is 59.5 Å². The van der Waals surface area contributed by atoms with Crippen molar-refractivity contribution in [2.45, 2.75) is 37.8 Å². The van der Waals surface area contributed by atoms with Gasteiger partial charge in [0.2, 0.25) is 5.91 Å². The molecule has 28 heavy (non-hydrogen) atoms. The summed E-state index contributed by atoms with van der Waals surface area (Å²) >= 11 is 0. The van der Waals surface area contributed by atoms with Gasteiger partial charge in [0.15, 0.2) is 0 Å². The molecule has 7 heteroatoms. The number of halogens is 1. The smallest absolute Gasteiger partial charge is 0.224 e. The zero-order valence-electron chi connectivity index (χ0n) is 15.6. The maximum absolute atomic E-state index is 13.8. The highest BCUT2D eigenvalue weighted by Crippen LogP contribution is 2.20. The number of anilines is 1. The highest BCUT2D eigenvalue weighted by atomic mass is 19.1. The zero-order chi connectivity index (χ0) is 19.9. The highest BCUT2D eigenvalue weighted by Gasteiger charge is 2.29. The summed E-state index contributed by atoms with van der Waals surface area (Å²) in [6.07, 6.45) is 3.91. The van der Waals surface area contributed by atoms with Crippen LogP contribution < -0.4 is 11.1 Å². The molecule has 0 spiro atoms. The van der Waals surface area contributed by atoms with Crippen LogP contribution in [0.4, 0.5) is 10.2 Å². The molecule has 0 aliphatic carbocycles. The molecule has 2 aromatic rings. The number of aromatic nitrogens is 1. The quantitative estimate of drug-likeness (QED) is 0.768. The molecule has 3 N–H and O–H groups in total. The van der Waals surface area contributed by atoms with Gasteiger partial charge in [-0.25, -0.2) is 9.37 Å². The van der Waals surface area contributed by atoms with Crippen LogP contribution in [0.15, 0.2) is 42.6 Å². The van der Waals surface area contributed by atoms with E-state index in [0.717, 1.165) is 12.8 Å². The predicted molar refractivity (Wildman–Crippen MR) is 105 cm³/mol. The van der Waals surface area contributed by atoms with Crippen LogP contribution in [0.3, 0.4) is 0 Å². The molecule has 0 radical (unpaired) electrons. The average Bonchev–Trinajstić information content (AvgIpc) is 3.17. The molecule has 1 aromatic heterocycles. The number of carbonyl (C=O) groups is 1. The first-order valence-corrected chi connectivity index (χ1v) is 9.45. The second-order valence-electron chi connectivity index (χ2n) is 7.07. The molecule has 6 nitrogen and oxygen atoms in total. The van der Waals surface area contributed by atoms with Crippen LogP contribution >= 0.6 is 0 Å². The summed E-state index contributed by atoms with van der Waals surface area (Å²) in [6, 6.07) is 11.7. The Morgan fingerprint density at radius 1 is 1.39 bits per heavy atom. The minimum Gasteiger partial charge on any atom is -0.368 e. The van der Waals surface area contributed by atoms with Crippen LogP contribution in [0.1, 0.15) is 30.4 Å². The Morgan fingerprint density at radius 2 is 2.21 bits per heavy atom. The van der Waals surface area contributed by atoms with Crippen molar-refractivity contribution in [2.24, 2.45) is 5.73 Å². The second kappa shape index (κ2) is 9.29. The molecule has 3 rings (SSSR count). The van der Waals surface area contributed by atoms with Crippen LogP contribution in [0, 0.1) is 17.1 Å². The second-order valence-corrected chi connectivity index (χ2v) is 7.07. The van der Waals surface area contributed by atoms with Crippen molar-refractivity contribution in [1.29, 1.82) is 5.26 Å². The van der Waals surface area contributed by atoms with Crippen molar-refractivity contribution in [2.75, 3.05) is 18.4 Å².